The standard InChI is InChI=1S/C49H34F3N9/c1-26-18-33(20-35(19-26)49(50,51)52)34-23-45(60-41-12-8-6-10-36(41)38-16-14-31(21-43(38)60)47-56-27(2)54-28(3)57-47)40(25-53)46(24-34)61-42-13-9-7-11-37(42)39-17-15-32(22-44(39)61)48-58-29(4)55-30(5)59-48/h6-24H,1-5H3. The van der Waals surface area contributed by atoms with Crippen LogP contribution in [0.5, 0.6) is 0 Å². The molecule has 0 radical (unpaired) electrons. The molecule has 0 saturated heterocycles. The Hall–Kier alpha value is -7.78. The molecule has 0 fully saturated rings. The number of halogens is 3. The third-order valence-corrected chi connectivity index (χ3v) is 11.0. The summed E-state index contributed by atoms with van der Waals surface area (Å²) in [4.78, 5) is 27.3. The summed E-state index contributed by atoms with van der Waals surface area (Å²) in [6.07, 6.45) is -4.58. The zero-order valence-electron chi connectivity index (χ0n) is 33.6. The quantitative estimate of drug-likeness (QED) is 0.170. The second kappa shape index (κ2) is 13.9. The van der Waals surface area contributed by atoms with Crippen molar-refractivity contribution in [3.63, 3.8) is 0 Å². The third kappa shape index (κ3) is 6.33. The van der Waals surface area contributed by atoms with Crippen molar-refractivity contribution >= 4 is 43.6 Å². The molecule has 0 N–H and O–H groups in total. The molecule has 4 heterocycles. The van der Waals surface area contributed by atoms with E-state index < -0.39 is 11.7 Å². The Balaban J connectivity index is 1.35. The van der Waals surface area contributed by atoms with Gasteiger partial charge >= 0.3 is 6.18 Å². The van der Waals surface area contributed by atoms with E-state index in [2.05, 4.69) is 36.0 Å². The summed E-state index contributed by atoms with van der Waals surface area (Å²) >= 11 is 0. The number of aromatic nitrogens is 8. The van der Waals surface area contributed by atoms with Crippen LogP contribution in [-0.4, -0.2) is 39.0 Å². The summed E-state index contributed by atoms with van der Waals surface area (Å²) in [5, 5.41) is 15.1. The largest absolute Gasteiger partial charge is 0.416 e. The van der Waals surface area contributed by atoms with Gasteiger partial charge in [-0.25, -0.2) is 29.9 Å². The highest BCUT2D eigenvalue weighted by molar-refractivity contribution is 6.12. The molecule has 9 nitrogen and oxygen atoms in total. The molecule has 6 aromatic carbocycles. The van der Waals surface area contributed by atoms with E-state index in [-0.39, 0.29) is 0 Å². The van der Waals surface area contributed by atoms with Crippen molar-refractivity contribution in [3.8, 4) is 51.3 Å². The molecule has 0 saturated carbocycles. The van der Waals surface area contributed by atoms with Crippen LogP contribution in [0.3, 0.4) is 0 Å². The summed E-state index contributed by atoms with van der Waals surface area (Å²) in [6.45, 7) is 8.93. The van der Waals surface area contributed by atoms with Crippen molar-refractivity contribution in [1.82, 2.24) is 39.0 Å². The monoisotopic (exact) mass is 805 g/mol. The molecule has 12 heteroatoms. The Morgan fingerprint density at radius 1 is 0.459 bits per heavy atom. The molecule has 0 amide bonds. The van der Waals surface area contributed by atoms with Crippen LogP contribution in [-0.2, 0) is 6.18 Å². The van der Waals surface area contributed by atoms with Crippen molar-refractivity contribution in [1.29, 1.82) is 5.26 Å². The number of alkyl halides is 3. The molecule has 0 aliphatic carbocycles. The van der Waals surface area contributed by atoms with Gasteiger partial charge in [0.25, 0.3) is 0 Å². The van der Waals surface area contributed by atoms with Gasteiger partial charge in [-0.2, -0.15) is 18.4 Å². The Morgan fingerprint density at radius 2 is 0.885 bits per heavy atom. The predicted octanol–water partition coefficient (Wildman–Crippen LogP) is 11.7. The fraction of sp³-hybridized carbons (Fsp3) is 0.122. The summed E-state index contributed by atoms with van der Waals surface area (Å²) < 4.78 is 47.4. The molecule has 4 aromatic heterocycles. The molecule has 61 heavy (non-hydrogen) atoms. The molecular weight excluding hydrogens is 772 g/mol. The molecule has 296 valence electrons. The predicted molar refractivity (Wildman–Crippen MR) is 232 cm³/mol. The fourth-order valence-corrected chi connectivity index (χ4v) is 8.59. The van der Waals surface area contributed by atoms with E-state index in [4.69, 9.17) is 0 Å². The minimum Gasteiger partial charge on any atom is -0.308 e. The number of hydrogen-bond acceptors (Lipinski definition) is 7. The van der Waals surface area contributed by atoms with Gasteiger partial charge in [-0.3, -0.25) is 0 Å². The van der Waals surface area contributed by atoms with E-state index in [1.807, 2.05) is 134 Å². The molecule has 10 rings (SSSR count). The fourth-order valence-electron chi connectivity index (χ4n) is 8.59. The van der Waals surface area contributed by atoms with Gasteiger partial charge in [0.05, 0.1) is 39.0 Å². The lowest BCUT2D eigenvalue weighted by Gasteiger charge is -2.19. The summed E-state index contributed by atoms with van der Waals surface area (Å²) in [5.74, 6) is 3.33. The highest BCUT2D eigenvalue weighted by Crippen LogP contribution is 2.42. The summed E-state index contributed by atoms with van der Waals surface area (Å²) in [5.41, 5.74) is 6.46. The lowest BCUT2D eigenvalue weighted by atomic mass is 9.96. The average molecular weight is 806 g/mol. The van der Waals surface area contributed by atoms with Gasteiger partial charge in [0.1, 0.15) is 34.9 Å². The minimum atomic E-state index is -4.58. The molecule has 10 aromatic rings. The van der Waals surface area contributed by atoms with Crippen LogP contribution < -0.4 is 0 Å². The van der Waals surface area contributed by atoms with E-state index in [1.165, 1.54) is 6.07 Å². The van der Waals surface area contributed by atoms with E-state index in [9.17, 15) is 18.4 Å². The number of hydrogen-bond donors (Lipinski definition) is 0. The molecular formula is C49H34F3N9. The normalized spacial score (nSPS) is 11.9. The van der Waals surface area contributed by atoms with Gasteiger partial charge in [0.15, 0.2) is 11.6 Å². The molecule has 0 aliphatic rings. The van der Waals surface area contributed by atoms with Crippen LogP contribution in [0.4, 0.5) is 13.2 Å². The van der Waals surface area contributed by atoms with Crippen LogP contribution in [0.15, 0.2) is 115 Å². The topological polar surface area (TPSA) is 111 Å². The van der Waals surface area contributed by atoms with Crippen molar-refractivity contribution in [3.05, 3.63) is 155 Å². The second-order valence-electron chi connectivity index (χ2n) is 15.3. The van der Waals surface area contributed by atoms with Crippen molar-refractivity contribution < 1.29 is 13.2 Å². The number of rotatable bonds is 5. The zero-order chi connectivity index (χ0) is 42.3. The van der Waals surface area contributed by atoms with Crippen LogP contribution in [0.25, 0.3) is 88.9 Å². The number of fused-ring (bicyclic) bond motifs is 6. The highest BCUT2D eigenvalue weighted by Gasteiger charge is 2.31. The second-order valence-corrected chi connectivity index (χ2v) is 15.3. The number of para-hydroxylation sites is 2. The van der Waals surface area contributed by atoms with Crippen LogP contribution in [0.1, 0.15) is 40.0 Å². The van der Waals surface area contributed by atoms with E-state index in [0.717, 1.165) is 60.8 Å². The SMILES string of the molecule is Cc1cc(-c2cc(-n3c4ccccc4c4ccc(-c5nc(C)nc(C)n5)cc43)c(C#N)c(-n3c4ccccc4c4ccc(-c5nc(C)nc(C)n5)cc43)c2)cc(C(F)(F)F)c1. The first-order chi connectivity index (χ1) is 29.3. The Labute approximate surface area is 347 Å². The maximum Gasteiger partial charge on any atom is 0.416 e. The average Bonchev–Trinajstić information content (AvgIpc) is 3.74. The van der Waals surface area contributed by atoms with Crippen LogP contribution in [0.2, 0.25) is 0 Å². The summed E-state index contributed by atoms with van der Waals surface area (Å²) in [6, 6.07) is 38.0. The van der Waals surface area contributed by atoms with Gasteiger partial charge in [-0.1, -0.05) is 66.7 Å². The number of nitrogens with zero attached hydrogens (tertiary/aromatic N) is 9. The van der Waals surface area contributed by atoms with Crippen molar-refractivity contribution in [2.75, 3.05) is 0 Å². The number of nitriles is 1. The van der Waals surface area contributed by atoms with Crippen molar-refractivity contribution in [2.45, 2.75) is 40.8 Å². The lowest BCUT2D eigenvalue weighted by molar-refractivity contribution is -0.137. The minimum absolute atomic E-state index is 0.312. The molecule has 0 bridgehead atoms. The lowest BCUT2D eigenvalue weighted by Crippen LogP contribution is -2.07. The first-order valence-electron chi connectivity index (χ1n) is 19.6. The molecule has 0 unspecified atom stereocenters. The molecule has 0 atom stereocenters. The zero-order valence-corrected chi connectivity index (χ0v) is 33.6. The van der Waals surface area contributed by atoms with Crippen LogP contribution in [0, 0.1) is 45.9 Å². The maximum absolute atomic E-state index is 14.5. The van der Waals surface area contributed by atoms with Gasteiger partial charge in [-0.05, 0) is 99.8 Å². The van der Waals surface area contributed by atoms with Gasteiger partial charge in [-0.15, -0.1) is 0 Å². The van der Waals surface area contributed by atoms with E-state index in [1.54, 1.807) is 13.0 Å². The maximum atomic E-state index is 14.5. The molecule has 0 aliphatic heterocycles. The van der Waals surface area contributed by atoms with Crippen molar-refractivity contribution in [2.24, 2.45) is 0 Å². The molecule has 0 spiro atoms. The highest BCUT2D eigenvalue weighted by atomic mass is 19.4. The Bertz CT molecular complexity index is 3270. The smallest absolute Gasteiger partial charge is 0.308 e. The van der Waals surface area contributed by atoms with E-state index >= 15 is 0 Å². The number of aryl methyl sites for hydroxylation is 5. The summed E-state index contributed by atoms with van der Waals surface area (Å²) in [7, 11) is 0. The Morgan fingerprint density at radius 3 is 1.33 bits per heavy atom. The Kier molecular flexibility index (Phi) is 8.55. The van der Waals surface area contributed by atoms with Gasteiger partial charge in [0.2, 0.25) is 0 Å². The van der Waals surface area contributed by atoms with Gasteiger partial charge < -0.3 is 9.13 Å². The van der Waals surface area contributed by atoms with Gasteiger partial charge in [0, 0.05) is 32.7 Å². The third-order valence-electron chi connectivity index (χ3n) is 11.0. The first kappa shape index (κ1) is 37.5. The first-order valence-corrected chi connectivity index (χ1v) is 19.6. The van der Waals surface area contributed by atoms with Crippen LogP contribution >= 0.6 is 0 Å². The van der Waals surface area contributed by atoms with E-state index in [0.29, 0.717) is 68.6 Å². The number of benzene rings is 6.